The fourth-order valence-corrected chi connectivity index (χ4v) is 1.98. The monoisotopic (exact) mass is 282 g/mol. The lowest BCUT2D eigenvalue weighted by Crippen LogP contribution is -2.35. The van der Waals surface area contributed by atoms with Gasteiger partial charge in [-0.3, -0.25) is 0 Å². The predicted octanol–water partition coefficient (Wildman–Crippen LogP) is 2.13. The topological polar surface area (TPSA) is 79.3 Å². The van der Waals surface area contributed by atoms with Gasteiger partial charge in [-0.2, -0.15) is 0 Å². The molecule has 1 aromatic heterocycles. The highest BCUT2D eigenvalue weighted by Crippen LogP contribution is 2.32. The molecule has 1 rings (SSSR count). The van der Waals surface area contributed by atoms with Crippen molar-refractivity contribution in [2.24, 2.45) is 5.41 Å². The lowest BCUT2D eigenvalue weighted by Gasteiger charge is -2.32. The number of nitrogens with one attached hydrogen (secondary N) is 2. The second-order valence-corrected chi connectivity index (χ2v) is 5.71. The standard InChI is InChI=1S/C14H26N4O2/c1-6-15-12-11(20-5)13(17-9-16-12)18-10(7-8-19)14(2,3)4/h9-10,19H,6-8H2,1-5H3,(H2,15,16,17,18). The fraction of sp³-hybridized carbons (Fsp3) is 0.714. The number of hydrogen-bond donors (Lipinski definition) is 3. The molecule has 0 radical (unpaired) electrons. The molecule has 114 valence electrons. The molecule has 1 heterocycles. The Morgan fingerprint density at radius 3 is 2.45 bits per heavy atom. The van der Waals surface area contributed by atoms with Gasteiger partial charge >= 0.3 is 0 Å². The minimum absolute atomic E-state index is 0.00294. The molecule has 0 saturated heterocycles. The van der Waals surface area contributed by atoms with Gasteiger partial charge in [-0.1, -0.05) is 20.8 Å². The molecule has 0 aliphatic rings. The molecule has 3 N–H and O–H groups in total. The molecule has 0 bridgehead atoms. The Bertz CT molecular complexity index is 418. The maximum absolute atomic E-state index is 9.23. The van der Waals surface area contributed by atoms with E-state index in [1.54, 1.807) is 7.11 Å². The van der Waals surface area contributed by atoms with Gasteiger partial charge in [0.1, 0.15) is 6.33 Å². The second kappa shape index (κ2) is 7.28. The molecule has 6 heteroatoms. The van der Waals surface area contributed by atoms with Crippen LogP contribution in [0, 0.1) is 5.41 Å². The molecule has 0 amide bonds. The van der Waals surface area contributed by atoms with Crippen molar-refractivity contribution in [3.63, 3.8) is 0 Å². The molecule has 0 aliphatic heterocycles. The quantitative estimate of drug-likeness (QED) is 0.711. The van der Waals surface area contributed by atoms with E-state index >= 15 is 0 Å². The van der Waals surface area contributed by atoms with Gasteiger partial charge in [-0.05, 0) is 18.8 Å². The Morgan fingerprint density at radius 1 is 1.30 bits per heavy atom. The summed E-state index contributed by atoms with van der Waals surface area (Å²) in [7, 11) is 1.60. The van der Waals surface area contributed by atoms with Gasteiger partial charge in [0.25, 0.3) is 0 Å². The van der Waals surface area contributed by atoms with Gasteiger partial charge in [-0.15, -0.1) is 0 Å². The van der Waals surface area contributed by atoms with E-state index in [2.05, 4.69) is 41.4 Å². The van der Waals surface area contributed by atoms with Crippen molar-refractivity contribution in [2.45, 2.75) is 40.2 Å². The van der Waals surface area contributed by atoms with E-state index in [0.717, 1.165) is 6.54 Å². The van der Waals surface area contributed by atoms with Crippen LogP contribution >= 0.6 is 0 Å². The zero-order chi connectivity index (χ0) is 15.2. The van der Waals surface area contributed by atoms with Crippen molar-refractivity contribution in [3.05, 3.63) is 6.33 Å². The van der Waals surface area contributed by atoms with Crippen LogP contribution in [0.2, 0.25) is 0 Å². The first-order valence-electron chi connectivity index (χ1n) is 6.94. The first kappa shape index (κ1) is 16.5. The maximum atomic E-state index is 9.23. The van der Waals surface area contributed by atoms with E-state index < -0.39 is 0 Å². The largest absolute Gasteiger partial charge is 0.490 e. The predicted molar refractivity (Wildman–Crippen MR) is 81.3 cm³/mol. The number of rotatable bonds is 7. The van der Waals surface area contributed by atoms with Crippen LogP contribution in [0.4, 0.5) is 11.6 Å². The molecule has 0 aliphatic carbocycles. The molecule has 20 heavy (non-hydrogen) atoms. The number of hydrogen-bond acceptors (Lipinski definition) is 6. The van der Waals surface area contributed by atoms with Crippen LogP contribution in [0.5, 0.6) is 5.75 Å². The van der Waals surface area contributed by atoms with Crippen LogP contribution in [0.15, 0.2) is 6.33 Å². The van der Waals surface area contributed by atoms with Gasteiger partial charge in [0.15, 0.2) is 11.6 Å². The van der Waals surface area contributed by atoms with Crippen molar-refractivity contribution in [2.75, 3.05) is 30.9 Å². The van der Waals surface area contributed by atoms with Crippen molar-refractivity contribution in [1.29, 1.82) is 0 Å². The number of aromatic nitrogens is 2. The third kappa shape index (κ3) is 4.23. The zero-order valence-corrected chi connectivity index (χ0v) is 13.0. The summed E-state index contributed by atoms with van der Waals surface area (Å²) in [4.78, 5) is 8.44. The summed E-state index contributed by atoms with van der Waals surface area (Å²) < 4.78 is 5.41. The third-order valence-electron chi connectivity index (χ3n) is 3.13. The van der Waals surface area contributed by atoms with Crippen molar-refractivity contribution in [3.8, 4) is 5.75 Å². The summed E-state index contributed by atoms with van der Waals surface area (Å²) in [6, 6.07) is 0.0887. The van der Waals surface area contributed by atoms with E-state index in [0.29, 0.717) is 23.8 Å². The molecule has 6 nitrogen and oxygen atoms in total. The Labute approximate surface area is 121 Å². The zero-order valence-electron chi connectivity index (χ0n) is 13.0. The van der Waals surface area contributed by atoms with E-state index in [1.165, 1.54) is 6.33 Å². The highest BCUT2D eigenvalue weighted by molar-refractivity contribution is 5.63. The minimum Gasteiger partial charge on any atom is -0.490 e. The van der Waals surface area contributed by atoms with Crippen LogP contribution in [0.25, 0.3) is 0 Å². The average Bonchev–Trinajstić information content (AvgIpc) is 2.38. The molecular formula is C14H26N4O2. The van der Waals surface area contributed by atoms with Gasteiger partial charge < -0.3 is 20.5 Å². The van der Waals surface area contributed by atoms with Crippen LogP contribution < -0.4 is 15.4 Å². The van der Waals surface area contributed by atoms with E-state index in [-0.39, 0.29) is 18.1 Å². The number of nitrogens with zero attached hydrogens (tertiary/aromatic N) is 2. The molecule has 0 saturated carbocycles. The highest BCUT2D eigenvalue weighted by atomic mass is 16.5. The Kier molecular flexibility index (Phi) is 6.01. The van der Waals surface area contributed by atoms with E-state index in [1.807, 2.05) is 6.92 Å². The molecular weight excluding hydrogens is 256 g/mol. The van der Waals surface area contributed by atoms with Gasteiger partial charge in [0, 0.05) is 19.2 Å². The molecule has 1 unspecified atom stereocenters. The number of ether oxygens (including phenoxy) is 1. The van der Waals surface area contributed by atoms with E-state index in [4.69, 9.17) is 4.74 Å². The summed E-state index contributed by atoms with van der Waals surface area (Å²) in [6.45, 7) is 9.25. The SMILES string of the molecule is CCNc1ncnc(NC(CCO)C(C)(C)C)c1OC. The smallest absolute Gasteiger partial charge is 0.204 e. The highest BCUT2D eigenvalue weighted by Gasteiger charge is 2.26. The van der Waals surface area contributed by atoms with Gasteiger partial charge in [0.05, 0.1) is 7.11 Å². The number of aliphatic hydroxyl groups excluding tert-OH is 1. The maximum Gasteiger partial charge on any atom is 0.204 e. The van der Waals surface area contributed by atoms with Crippen LogP contribution in [-0.2, 0) is 0 Å². The summed E-state index contributed by atoms with van der Waals surface area (Å²) in [5, 5.41) is 15.7. The summed E-state index contributed by atoms with van der Waals surface area (Å²) >= 11 is 0. The van der Waals surface area contributed by atoms with E-state index in [9.17, 15) is 5.11 Å². The van der Waals surface area contributed by atoms with Gasteiger partial charge in [-0.25, -0.2) is 9.97 Å². The lowest BCUT2D eigenvalue weighted by molar-refractivity contribution is 0.234. The molecule has 0 spiro atoms. The average molecular weight is 282 g/mol. The second-order valence-electron chi connectivity index (χ2n) is 5.71. The lowest BCUT2D eigenvalue weighted by atomic mass is 9.85. The van der Waals surface area contributed by atoms with Crippen LogP contribution in [-0.4, -0.2) is 41.4 Å². The Balaban J connectivity index is 3.03. The normalized spacial score (nSPS) is 12.9. The van der Waals surface area contributed by atoms with Gasteiger partial charge in [0.2, 0.25) is 5.75 Å². The number of aliphatic hydroxyl groups is 1. The molecule has 0 aromatic carbocycles. The first-order chi connectivity index (χ1) is 9.43. The molecule has 1 aromatic rings. The number of anilines is 2. The van der Waals surface area contributed by atoms with Crippen molar-refractivity contribution >= 4 is 11.6 Å². The summed E-state index contributed by atoms with van der Waals surface area (Å²) in [5.74, 6) is 1.91. The molecule has 1 atom stereocenters. The summed E-state index contributed by atoms with van der Waals surface area (Å²) in [6.07, 6.45) is 2.15. The first-order valence-corrected chi connectivity index (χ1v) is 6.94. The van der Waals surface area contributed by atoms with Crippen molar-refractivity contribution in [1.82, 2.24) is 9.97 Å². The molecule has 0 fully saturated rings. The summed E-state index contributed by atoms with van der Waals surface area (Å²) in [5.41, 5.74) is -0.00294. The van der Waals surface area contributed by atoms with Crippen LogP contribution in [0.3, 0.4) is 0 Å². The third-order valence-corrected chi connectivity index (χ3v) is 3.13. The van der Waals surface area contributed by atoms with Crippen LogP contribution in [0.1, 0.15) is 34.1 Å². The Morgan fingerprint density at radius 2 is 1.95 bits per heavy atom. The fourth-order valence-electron chi connectivity index (χ4n) is 1.98. The minimum atomic E-state index is -0.00294. The number of methoxy groups -OCH3 is 1. The van der Waals surface area contributed by atoms with Crippen molar-refractivity contribution < 1.29 is 9.84 Å². The Hall–Kier alpha value is -1.56.